The normalized spacial score (nSPS) is 13.2. The maximum Gasteiger partial charge on any atom is 0.308 e. The van der Waals surface area contributed by atoms with Crippen LogP contribution in [0.5, 0.6) is 0 Å². The molecule has 0 radical (unpaired) electrons. The molecule has 0 aliphatic carbocycles. The summed E-state index contributed by atoms with van der Waals surface area (Å²) in [7, 11) is 0. The maximum absolute atomic E-state index is 11.6. The Kier molecular flexibility index (Phi) is 8.32. The molecule has 0 aromatic heterocycles. The minimum absolute atomic E-state index is 0.0294. The van der Waals surface area contributed by atoms with Crippen molar-refractivity contribution in [1.29, 1.82) is 0 Å². The lowest BCUT2D eigenvalue weighted by Gasteiger charge is -2.13. The topological polar surface area (TPSA) is 26.3 Å². The lowest BCUT2D eigenvalue weighted by molar-refractivity contribution is -0.148. The second kappa shape index (κ2) is 8.60. The summed E-state index contributed by atoms with van der Waals surface area (Å²) in [4.78, 5) is 11.6. The molecule has 0 bridgehead atoms. The Morgan fingerprint density at radius 2 is 1.62 bits per heavy atom. The Morgan fingerprint density at radius 3 is 2.12 bits per heavy atom. The van der Waals surface area contributed by atoms with Crippen molar-refractivity contribution in [2.45, 2.75) is 60.3 Å². The van der Waals surface area contributed by atoms with Crippen molar-refractivity contribution in [3.8, 4) is 0 Å². The zero-order valence-electron chi connectivity index (χ0n) is 11.6. The summed E-state index contributed by atoms with van der Waals surface area (Å²) < 4.78 is 5.25. The minimum Gasteiger partial charge on any atom is -0.465 e. The lowest BCUT2D eigenvalue weighted by atomic mass is 9.99. The van der Waals surface area contributed by atoms with E-state index in [1.807, 2.05) is 6.92 Å². The highest BCUT2D eigenvalue weighted by molar-refractivity contribution is 5.71. The van der Waals surface area contributed by atoms with E-state index in [4.69, 9.17) is 4.74 Å². The van der Waals surface area contributed by atoms with E-state index in [9.17, 15) is 4.79 Å². The number of carbonyl (C=O) groups excluding carboxylic acids is 1. The molecule has 1 atom stereocenters. The van der Waals surface area contributed by atoms with Crippen molar-refractivity contribution in [2.24, 2.45) is 17.8 Å². The molecule has 0 rings (SSSR count). The van der Waals surface area contributed by atoms with Gasteiger partial charge in [0, 0.05) is 0 Å². The molecule has 0 aromatic rings. The van der Waals surface area contributed by atoms with E-state index < -0.39 is 0 Å². The smallest absolute Gasteiger partial charge is 0.308 e. The summed E-state index contributed by atoms with van der Waals surface area (Å²) in [5, 5.41) is 0. The van der Waals surface area contributed by atoms with Crippen molar-refractivity contribution < 1.29 is 9.53 Å². The molecule has 0 aliphatic heterocycles. The number of hydrogen-bond acceptors (Lipinski definition) is 2. The van der Waals surface area contributed by atoms with Crippen LogP contribution in [-0.4, -0.2) is 12.6 Å². The number of rotatable bonds is 8. The van der Waals surface area contributed by atoms with Gasteiger partial charge in [-0.05, 0) is 31.1 Å². The Bertz CT molecular complexity index is 185. The highest BCUT2D eigenvalue weighted by Crippen LogP contribution is 2.13. The predicted octanol–water partition coefficient (Wildman–Crippen LogP) is 4.04. The maximum atomic E-state index is 11.6. The second-order valence-electron chi connectivity index (χ2n) is 5.59. The first-order chi connectivity index (χ1) is 7.43. The molecule has 2 nitrogen and oxygen atoms in total. The van der Waals surface area contributed by atoms with Crippen molar-refractivity contribution in [2.75, 3.05) is 6.61 Å². The number of carbonyl (C=O) groups is 1. The fourth-order valence-corrected chi connectivity index (χ4v) is 1.77. The van der Waals surface area contributed by atoms with Crippen LogP contribution in [0.3, 0.4) is 0 Å². The van der Waals surface area contributed by atoms with Gasteiger partial charge in [0.05, 0.1) is 12.5 Å². The number of ether oxygens (including phenoxy) is 1. The largest absolute Gasteiger partial charge is 0.465 e. The van der Waals surface area contributed by atoms with Crippen LogP contribution in [0.15, 0.2) is 0 Å². The van der Waals surface area contributed by atoms with Crippen LogP contribution in [0.1, 0.15) is 60.3 Å². The van der Waals surface area contributed by atoms with Gasteiger partial charge in [-0.3, -0.25) is 4.79 Å². The summed E-state index contributed by atoms with van der Waals surface area (Å²) in [6, 6.07) is 0. The molecule has 0 N–H and O–H groups in total. The summed E-state index contributed by atoms with van der Waals surface area (Å²) in [5.74, 6) is 1.32. The second-order valence-corrected chi connectivity index (χ2v) is 5.59. The number of unbranched alkanes of at least 4 members (excludes halogenated alkanes) is 1. The molecule has 0 aromatic carbocycles. The van der Waals surface area contributed by atoms with E-state index in [0.29, 0.717) is 12.5 Å². The Balaban J connectivity index is 3.50. The van der Waals surface area contributed by atoms with Crippen molar-refractivity contribution >= 4 is 5.97 Å². The molecule has 2 heteroatoms. The van der Waals surface area contributed by atoms with Gasteiger partial charge in [-0.25, -0.2) is 0 Å². The number of esters is 1. The first-order valence-corrected chi connectivity index (χ1v) is 6.60. The highest BCUT2D eigenvalue weighted by Gasteiger charge is 2.15. The molecule has 0 heterocycles. The molecule has 0 fully saturated rings. The quantitative estimate of drug-likeness (QED) is 0.463. The standard InChI is InChI=1S/C14H28O2/c1-11(2)8-6-7-9-16-14(15)13(5)10-12(3)4/h11-13H,6-10H2,1-5H3. The summed E-state index contributed by atoms with van der Waals surface area (Å²) in [6.07, 6.45) is 4.30. The summed E-state index contributed by atoms with van der Waals surface area (Å²) in [5.41, 5.74) is 0. The van der Waals surface area contributed by atoms with E-state index in [0.717, 1.165) is 25.2 Å². The molecule has 96 valence electrons. The van der Waals surface area contributed by atoms with Gasteiger partial charge in [-0.2, -0.15) is 0 Å². The molecule has 0 saturated heterocycles. The van der Waals surface area contributed by atoms with E-state index in [1.54, 1.807) is 0 Å². The van der Waals surface area contributed by atoms with E-state index in [-0.39, 0.29) is 11.9 Å². The Labute approximate surface area is 101 Å². The van der Waals surface area contributed by atoms with Crippen molar-refractivity contribution in [3.63, 3.8) is 0 Å². The minimum atomic E-state index is -0.0294. The highest BCUT2D eigenvalue weighted by atomic mass is 16.5. The van der Waals surface area contributed by atoms with Crippen LogP contribution in [0.2, 0.25) is 0 Å². The Hall–Kier alpha value is -0.530. The third-order valence-electron chi connectivity index (χ3n) is 2.65. The summed E-state index contributed by atoms with van der Waals surface area (Å²) in [6.45, 7) is 11.2. The zero-order valence-corrected chi connectivity index (χ0v) is 11.6. The van der Waals surface area contributed by atoms with Crippen molar-refractivity contribution in [3.05, 3.63) is 0 Å². The summed E-state index contributed by atoms with van der Waals surface area (Å²) >= 11 is 0. The van der Waals surface area contributed by atoms with Crippen LogP contribution in [-0.2, 0) is 9.53 Å². The van der Waals surface area contributed by atoms with Gasteiger partial charge in [-0.1, -0.05) is 41.0 Å². The van der Waals surface area contributed by atoms with Gasteiger partial charge in [0.1, 0.15) is 0 Å². The fourth-order valence-electron chi connectivity index (χ4n) is 1.77. The Morgan fingerprint density at radius 1 is 1.00 bits per heavy atom. The molecule has 0 spiro atoms. The first kappa shape index (κ1) is 15.5. The zero-order chi connectivity index (χ0) is 12.6. The average Bonchev–Trinajstić information content (AvgIpc) is 2.15. The average molecular weight is 228 g/mol. The van der Waals surface area contributed by atoms with Gasteiger partial charge in [0.2, 0.25) is 0 Å². The van der Waals surface area contributed by atoms with E-state index in [2.05, 4.69) is 27.7 Å². The third-order valence-corrected chi connectivity index (χ3v) is 2.65. The van der Waals surface area contributed by atoms with Crippen LogP contribution < -0.4 is 0 Å². The monoisotopic (exact) mass is 228 g/mol. The van der Waals surface area contributed by atoms with Crippen LogP contribution in [0.25, 0.3) is 0 Å². The van der Waals surface area contributed by atoms with Gasteiger partial charge >= 0.3 is 5.97 Å². The van der Waals surface area contributed by atoms with Gasteiger partial charge < -0.3 is 4.74 Å². The molecular weight excluding hydrogens is 200 g/mol. The molecule has 0 aliphatic rings. The fraction of sp³-hybridized carbons (Fsp3) is 0.929. The molecular formula is C14H28O2. The lowest BCUT2D eigenvalue weighted by Crippen LogP contribution is -2.17. The van der Waals surface area contributed by atoms with Gasteiger partial charge in [-0.15, -0.1) is 0 Å². The van der Waals surface area contributed by atoms with Crippen LogP contribution in [0.4, 0.5) is 0 Å². The van der Waals surface area contributed by atoms with Crippen molar-refractivity contribution in [1.82, 2.24) is 0 Å². The van der Waals surface area contributed by atoms with E-state index in [1.165, 1.54) is 6.42 Å². The predicted molar refractivity (Wildman–Crippen MR) is 68.3 cm³/mol. The van der Waals surface area contributed by atoms with Crippen LogP contribution in [0, 0.1) is 17.8 Å². The first-order valence-electron chi connectivity index (χ1n) is 6.60. The number of hydrogen-bond donors (Lipinski definition) is 0. The van der Waals surface area contributed by atoms with E-state index >= 15 is 0 Å². The third kappa shape index (κ3) is 8.75. The molecule has 0 amide bonds. The van der Waals surface area contributed by atoms with Gasteiger partial charge in [0.15, 0.2) is 0 Å². The van der Waals surface area contributed by atoms with Crippen LogP contribution >= 0.6 is 0 Å². The SMILES string of the molecule is CC(C)CCCCOC(=O)C(C)CC(C)C. The molecule has 16 heavy (non-hydrogen) atoms. The molecule has 1 unspecified atom stereocenters. The van der Waals surface area contributed by atoms with Gasteiger partial charge in [0.25, 0.3) is 0 Å². The molecule has 0 saturated carbocycles.